The number of imidazole rings is 1. The van der Waals surface area contributed by atoms with Gasteiger partial charge in [0.1, 0.15) is 6.33 Å². The summed E-state index contributed by atoms with van der Waals surface area (Å²) in [6, 6.07) is 20.8. The van der Waals surface area contributed by atoms with Crippen molar-refractivity contribution < 1.29 is 0 Å². The molecule has 3 heterocycles. The van der Waals surface area contributed by atoms with E-state index >= 15 is 0 Å². The highest BCUT2D eigenvalue weighted by Crippen LogP contribution is 2.36. The van der Waals surface area contributed by atoms with Crippen LogP contribution in [0, 0.1) is 0 Å². The van der Waals surface area contributed by atoms with Crippen molar-refractivity contribution in [1.29, 1.82) is 0 Å². The standard InChI is InChI=1S/C22H17N5S2/c1-27-12-11-23-22(27)28-17-9-7-16(8-10-17)26-21-20-18(24-14-25-21)13-19(29-20)15-5-3-2-4-6-15/h2-14H,1H3,(H,24,25,26). The summed E-state index contributed by atoms with van der Waals surface area (Å²) >= 11 is 3.34. The van der Waals surface area contributed by atoms with Crippen LogP contribution in [0.15, 0.2) is 89.4 Å². The lowest BCUT2D eigenvalue weighted by Crippen LogP contribution is -1.94. The SMILES string of the molecule is Cn1ccnc1Sc1ccc(Nc2ncnc3cc(-c4ccccc4)sc23)cc1. The summed E-state index contributed by atoms with van der Waals surface area (Å²) in [5, 5.41) is 4.41. The number of benzene rings is 2. The van der Waals surface area contributed by atoms with Gasteiger partial charge in [0.25, 0.3) is 0 Å². The quantitative estimate of drug-likeness (QED) is 0.382. The first kappa shape index (κ1) is 17.9. The van der Waals surface area contributed by atoms with E-state index in [1.54, 1.807) is 29.4 Å². The Morgan fingerprint density at radius 2 is 1.79 bits per heavy atom. The molecule has 0 aliphatic rings. The number of rotatable bonds is 5. The number of thiophene rings is 1. The van der Waals surface area contributed by atoms with Crippen molar-refractivity contribution in [3.63, 3.8) is 0 Å². The minimum absolute atomic E-state index is 0.826. The molecule has 0 aliphatic carbocycles. The van der Waals surface area contributed by atoms with E-state index in [9.17, 15) is 0 Å². The van der Waals surface area contributed by atoms with Crippen LogP contribution in [0.2, 0.25) is 0 Å². The lowest BCUT2D eigenvalue weighted by molar-refractivity contribution is 0.790. The Hall–Kier alpha value is -3.16. The summed E-state index contributed by atoms with van der Waals surface area (Å²) in [6.45, 7) is 0. The number of aromatic nitrogens is 4. The minimum atomic E-state index is 0.826. The third-order valence-electron chi connectivity index (χ3n) is 4.47. The Bertz CT molecular complexity index is 1260. The van der Waals surface area contributed by atoms with Gasteiger partial charge in [-0.3, -0.25) is 0 Å². The van der Waals surface area contributed by atoms with Crippen LogP contribution in [0.4, 0.5) is 11.5 Å². The number of hydrogen-bond acceptors (Lipinski definition) is 6. The van der Waals surface area contributed by atoms with Crippen LogP contribution in [-0.2, 0) is 7.05 Å². The van der Waals surface area contributed by atoms with E-state index in [0.29, 0.717) is 0 Å². The molecule has 7 heteroatoms. The van der Waals surface area contributed by atoms with Gasteiger partial charge in [0, 0.05) is 34.9 Å². The normalized spacial score (nSPS) is 11.1. The molecule has 5 rings (SSSR count). The molecule has 5 nitrogen and oxygen atoms in total. The third-order valence-corrected chi connectivity index (χ3v) is 6.74. The van der Waals surface area contributed by atoms with E-state index < -0.39 is 0 Å². The van der Waals surface area contributed by atoms with Crippen LogP contribution < -0.4 is 5.32 Å². The maximum atomic E-state index is 4.47. The Labute approximate surface area is 176 Å². The number of fused-ring (bicyclic) bond motifs is 1. The molecule has 0 radical (unpaired) electrons. The van der Waals surface area contributed by atoms with E-state index in [1.807, 2.05) is 30.1 Å². The average Bonchev–Trinajstić information content (AvgIpc) is 3.37. The van der Waals surface area contributed by atoms with Gasteiger partial charge in [0.2, 0.25) is 0 Å². The highest BCUT2D eigenvalue weighted by Gasteiger charge is 2.11. The molecule has 0 saturated heterocycles. The Kier molecular flexibility index (Phi) is 4.75. The zero-order valence-corrected chi connectivity index (χ0v) is 17.2. The van der Waals surface area contributed by atoms with E-state index in [-0.39, 0.29) is 0 Å². The highest BCUT2D eigenvalue weighted by atomic mass is 32.2. The highest BCUT2D eigenvalue weighted by molar-refractivity contribution is 7.99. The molecule has 0 bridgehead atoms. The number of hydrogen-bond donors (Lipinski definition) is 1. The Morgan fingerprint density at radius 3 is 2.55 bits per heavy atom. The summed E-state index contributed by atoms with van der Waals surface area (Å²) < 4.78 is 3.06. The van der Waals surface area contributed by atoms with Gasteiger partial charge >= 0.3 is 0 Å². The molecule has 3 aromatic heterocycles. The summed E-state index contributed by atoms with van der Waals surface area (Å²) in [6.07, 6.45) is 5.37. The molecular weight excluding hydrogens is 398 g/mol. The lowest BCUT2D eigenvalue weighted by atomic mass is 10.2. The fourth-order valence-corrected chi connectivity index (χ4v) is 4.85. The zero-order chi connectivity index (χ0) is 19.6. The minimum Gasteiger partial charge on any atom is -0.339 e. The van der Waals surface area contributed by atoms with Gasteiger partial charge in [0.05, 0.1) is 10.2 Å². The zero-order valence-electron chi connectivity index (χ0n) is 15.6. The molecule has 0 spiro atoms. The molecule has 5 aromatic rings. The van der Waals surface area contributed by atoms with E-state index in [4.69, 9.17) is 0 Å². The molecule has 0 aliphatic heterocycles. The van der Waals surface area contributed by atoms with Gasteiger partial charge in [-0.1, -0.05) is 42.1 Å². The molecule has 142 valence electrons. The van der Waals surface area contributed by atoms with Crippen LogP contribution in [0.3, 0.4) is 0 Å². The first-order valence-electron chi connectivity index (χ1n) is 9.08. The number of nitrogens with zero attached hydrogens (tertiary/aromatic N) is 4. The predicted octanol–water partition coefficient (Wildman–Crippen LogP) is 5.99. The van der Waals surface area contributed by atoms with Crippen LogP contribution in [0.1, 0.15) is 0 Å². The van der Waals surface area contributed by atoms with Crippen molar-refractivity contribution in [1.82, 2.24) is 19.5 Å². The van der Waals surface area contributed by atoms with Crippen molar-refractivity contribution in [2.24, 2.45) is 7.05 Å². The molecule has 2 aromatic carbocycles. The molecule has 0 fully saturated rings. The van der Waals surface area contributed by atoms with E-state index in [1.165, 1.54) is 10.4 Å². The largest absolute Gasteiger partial charge is 0.339 e. The van der Waals surface area contributed by atoms with Crippen LogP contribution in [0.25, 0.3) is 20.7 Å². The summed E-state index contributed by atoms with van der Waals surface area (Å²) in [5.74, 6) is 0.826. The average molecular weight is 416 g/mol. The fourth-order valence-electron chi connectivity index (χ4n) is 2.99. The number of nitrogens with one attached hydrogen (secondary N) is 1. The molecule has 0 amide bonds. The topological polar surface area (TPSA) is 55.6 Å². The first-order chi connectivity index (χ1) is 14.3. The van der Waals surface area contributed by atoms with Crippen LogP contribution in [-0.4, -0.2) is 19.5 Å². The van der Waals surface area contributed by atoms with Crippen molar-refractivity contribution >= 4 is 44.8 Å². The van der Waals surface area contributed by atoms with Crippen molar-refractivity contribution in [2.45, 2.75) is 10.1 Å². The summed E-state index contributed by atoms with van der Waals surface area (Å²) in [7, 11) is 2.00. The van der Waals surface area contributed by atoms with Crippen LogP contribution >= 0.6 is 23.1 Å². The van der Waals surface area contributed by atoms with Gasteiger partial charge in [-0.25, -0.2) is 15.0 Å². The second-order valence-corrected chi connectivity index (χ2v) is 8.58. The third kappa shape index (κ3) is 3.74. The molecular formula is C22H17N5S2. The summed E-state index contributed by atoms with van der Waals surface area (Å²) in [5.41, 5.74) is 3.13. The molecule has 0 saturated carbocycles. The maximum absolute atomic E-state index is 4.47. The monoisotopic (exact) mass is 415 g/mol. The van der Waals surface area contributed by atoms with Crippen LogP contribution in [0.5, 0.6) is 0 Å². The summed E-state index contributed by atoms with van der Waals surface area (Å²) in [4.78, 5) is 15.6. The molecule has 1 N–H and O–H groups in total. The molecule has 0 atom stereocenters. The van der Waals surface area contributed by atoms with E-state index in [2.05, 4.69) is 74.9 Å². The van der Waals surface area contributed by atoms with Gasteiger partial charge < -0.3 is 9.88 Å². The second kappa shape index (κ2) is 7.69. The Balaban J connectivity index is 1.40. The predicted molar refractivity (Wildman–Crippen MR) is 120 cm³/mol. The van der Waals surface area contributed by atoms with Crippen molar-refractivity contribution in [3.05, 3.63) is 79.4 Å². The smallest absolute Gasteiger partial charge is 0.172 e. The number of aryl methyl sites for hydroxylation is 1. The van der Waals surface area contributed by atoms with E-state index in [0.717, 1.165) is 31.8 Å². The van der Waals surface area contributed by atoms with Crippen molar-refractivity contribution in [2.75, 3.05) is 5.32 Å². The second-order valence-electron chi connectivity index (χ2n) is 6.49. The Morgan fingerprint density at radius 1 is 0.966 bits per heavy atom. The van der Waals surface area contributed by atoms with Gasteiger partial charge in [-0.05, 0) is 35.9 Å². The maximum Gasteiger partial charge on any atom is 0.172 e. The number of anilines is 2. The fraction of sp³-hybridized carbons (Fsp3) is 0.0455. The molecule has 0 unspecified atom stereocenters. The molecule has 29 heavy (non-hydrogen) atoms. The van der Waals surface area contributed by atoms with Crippen molar-refractivity contribution in [3.8, 4) is 10.4 Å². The van der Waals surface area contributed by atoms with Gasteiger partial charge in [0.15, 0.2) is 11.0 Å². The lowest BCUT2D eigenvalue weighted by Gasteiger charge is -2.07. The first-order valence-corrected chi connectivity index (χ1v) is 10.7. The van der Waals surface area contributed by atoms with Gasteiger partial charge in [-0.2, -0.15) is 0 Å². The van der Waals surface area contributed by atoms with Gasteiger partial charge in [-0.15, -0.1) is 11.3 Å².